The molecule has 0 bridgehead atoms. The molecule has 0 atom stereocenters. The second kappa shape index (κ2) is 5.06. The van der Waals surface area contributed by atoms with Crippen LogP contribution in [0.1, 0.15) is 19.8 Å². The number of hydrogen-bond donors (Lipinski definition) is 2. The van der Waals surface area contributed by atoms with Gasteiger partial charge in [0.05, 0.1) is 6.20 Å². The van der Waals surface area contributed by atoms with Gasteiger partial charge in [-0.05, 0) is 38.4 Å². The summed E-state index contributed by atoms with van der Waals surface area (Å²) >= 11 is 0. The van der Waals surface area contributed by atoms with Crippen LogP contribution in [0, 0.1) is 11.2 Å². The molecule has 1 aromatic rings. The van der Waals surface area contributed by atoms with Crippen molar-refractivity contribution < 1.29 is 4.39 Å². The second-order valence-electron chi connectivity index (χ2n) is 5.39. The quantitative estimate of drug-likeness (QED) is 0.851. The fourth-order valence-electron chi connectivity index (χ4n) is 2.14. The molecule has 1 aliphatic rings. The fraction of sp³-hybridized carbons (Fsp3) is 0.667. The Balaban J connectivity index is 1.96. The van der Waals surface area contributed by atoms with Gasteiger partial charge in [-0.25, -0.2) is 9.37 Å². The van der Waals surface area contributed by atoms with Gasteiger partial charge in [0.2, 0.25) is 5.95 Å². The Bertz CT molecular complexity index is 415. The molecule has 0 spiro atoms. The molecule has 18 heavy (non-hydrogen) atoms. The van der Waals surface area contributed by atoms with Gasteiger partial charge in [-0.15, -0.1) is 0 Å². The Kier molecular flexibility index (Phi) is 3.65. The minimum absolute atomic E-state index is 0.0902. The molecule has 1 aliphatic heterocycles. The van der Waals surface area contributed by atoms with Gasteiger partial charge < -0.3 is 16.0 Å². The zero-order valence-electron chi connectivity index (χ0n) is 10.9. The summed E-state index contributed by atoms with van der Waals surface area (Å²) in [4.78, 5) is 9.79. The van der Waals surface area contributed by atoms with Gasteiger partial charge in [-0.1, -0.05) is 6.92 Å². The summed E-state index contributed by atoms with van der Waals surface area (Å²) in [5.74, 6) is -0.171. The van der Waals surface area contributed by atoms with Gasteiger partial charge in [0.25, 0.3) is 0 Å². The molecule has 0 radical (unpaired) electrons. The second-order valence-corrected chi connectivity index (χ2v) is 5.39. The van der Waals surface area contributed by atoms with E-state index in [2.05, 4.69) is 34.2 Å². The monoisotopic (exact) mass is 253 g/mol. The highest BCUT2D eigenvalue weighted by molar-refractivity contribution is 5.39. The number of aromatic nitrogens is 2. The Morgan fingerprint density at radius 1 is 1.50 bits per heavy atom. The van der Waals surface area contributed by atoms with E-state index < -0.39 is 5.82 Å². The maximum Gasteiger partial charge on any atom is 0.222 e. The third-order valence-electron chi connectivity index (χ3n) is 3.64. The predicted octanol–water partition coefficient (Wildman–Crippen LogP) is 1.34. The Morgan fingerprint density at radius 2 is 2.17 bits per heavy atom. The number of rotatable bonds is 3. The highest BCUT2D eigenvalue weighted by Gasteiger charge is 2.28. The van der Waals surface area contributed by atoms with E-state index in [-0.39, 0.29) is 17.2 Å². The van der Waals surface area contributed by atoms with Crippen molar-refractivity contribution in [3.05, 3.63) is 12.0 Å². The maximum absolute atomic E-state index is 13.5. The molecule has 0 amide bonds. The van der Waals surface area contributed by atoms with Gasteiger partial charge in [0.1, 0.15) is 0 Å². The zero-order chi connectivity index (χ0) is 13.2. The van der Waals surface area contributed by atoms with Crippen molar-refractivity contribution in [2.24, 2.45) is 5.41 Å². The summed E-state index contributed by atoms with van der Waals surface area (Å²) in [6, 6.07) is 0. The van der Waals surface area contributed by atoms with E-state index in [4.69, 9.17) is 5.73 Å². The van der Waals surface area contributed by atoms with Crippen molar-refractivity contribution in [1.82, 2.24) is 14.9 Å². The van der Waals surface area contributed by atoms with Crippen LogP contribution < -0.4 is 11.1 Å². The largest absolute Gasteiger partial charge is 0.368 e. The maximum atomic E-state index is 13.5. The lowest BCUT2D eigenvalue weighted by molar-refractivity contribution is 0.150. The minimum Gasteiger partial charge on any atom is -0.368 e. The first-order valence-corrected chi connectivity index (χ1v) is 6.19. The lowest BCUT2D eigenvalue weighted by Crippen LogP contribution is -2.40. The number of halogens is 1. The summed E-state index contributed by atoms with van der Waals surface area (Å²) in [6.07, 6.45) is 3.29. The summed E-state index contributed by atoms with van der Waals surface area (Å²) in [5, 5.41) is 3.05. The Morgan fingerprint density at radius 3 is 2.83 bits per heavy atom. The molecule has 3 N–H and O–H groups in total. The SMILES string of the molecule is CN1CCC(C)(CNc2nc(N)ncc2F)CC1. The molecule has 6 heteroatoms. The average Bonchev–Trinajstić information content (AvgIpc) is 2.35. The third-order valence-corrected chi connectivity index (χ3v) is 3.64. The van der Waals surface area contributed by atoms with Crippen LogP contribution in [0.5, 0.6) is 0 Å². The molecule has 1 saturated heterocycles. The molecule has 5 nitrogen and oxygen atoms in total. The molecule has 0 saturated carbocycles. The number of nitrogens with one attached hydrogen (secondary N) is 1. The zero-order valence-corrected chi connectivity index (χ0v) is 10.9. The standard InChI is InChI=1S/C12H20FN5/c1-12(3-5-18(2)6-4-12)8-16-10-9(13)7-15-11(14)17-10/h7H,3-6,8H2,1-2H3,(H3,14,15,16,17). The van der Waals surface area contributed by atoms with Crippen molar-refractivity contribution in [3.8, 4) is 0 Å². The number of anilines is 2. The number of nitrogen functional groups attached to an aromatic ring is 1. The molecular formula is C12H20FN5. The van der Waals surface area contributed by atoms with Crippen molar-refractivity contribution in [1.29, 1.82) is 0 Å². The van der Waals surface area contributed by atoms with Crippen molar-refractivity contribution in [2.75, 3.05) is 37.7 Å². The molecule has 1 fully saturated rings. The van der Waals surface area contributed by atoms with Gasteiger partial charge >= 0.3 is 0 Å². The van der Waals surface area contributed by atoms with E-state index in [1.165, 1.54) is 0 Å². The molecular weight excluding hydrogens is 233 g/mol. The summed E-state index contributed by atoms with van der Waals surface area (Å²) in [6.45, 7) is 5.07. The van der Waals surface area contributed by atoms with Crippen molar-refractivity contribution in [2.45, 2.75) is 19.8 Å². The fourth-order valence-corrected chi connectivity index (χ4v) is 2.14. The average molecular weight is 253 g/mol. The van der Waals surface area contributed by atoms with Crippen LogP contribution in [0.15, 0.2) is 6.20 Å². The van der Waals surface area contributed by atoms with Crippen molar-refractivity contribution in [3.63, 3.8) is 0 Å². The van der Waals surface area contributed by atoms with E-state index >= 15 is 0 Å². The smallest absolute Gasteiger partial charge is 0.222 e. The topological polar surface area (TPSA) is 67.1 Å². The molecule has 1 aromatic heterocycles. The van der Waals surface area contributed by atoms with Gasteiger partial charge in [-0.2, -0.15) is 4.98 Å². The highest BCUT2D eigenvalue weighted by Crippen LogP contribution is 2.30. The molecule has 0 aromatic carbocycles. The molecule has 2 rings (SSSR count). The first-order valence-electron chi connectivity index (χ1n) is 6.19. The van der Waals surface area contributed by atoms with Crippen LogP contribution in [0.25, 0.3) is 0 Å². The minimum atomic E-state index is -0.458. The van der Waals surface area contributed by atoms with E-state index in [0.717, 1.165) is 32.1 Å². The van der Waals surface area contributed by atoms with Crippen LogP contribution in [0.2, 0.25) is 0 Å². The van der Waals surface area contributed by atoms with Crippen LogP contribution in [-0.2, 0) is 0 Å². The number of likely N-dealkylation sites (tertiary alicyclic amines) is 1. The Hall–Kier alpha value is -1.43. The highest BCUT2D eigenvalue weighted by atomic mass is 19.1. The van der Waals surface area contributed by atoms with Gasteiger partial charge in [-0.3, -0.25) is 0 Å². The van der Waals surface area contributed by atoms with Crippen LogP contribution in [-0.4, -0.2) is 41.5 Å². The summed E-state index contributed by atoms with van der Waals surface area (Å²) in [5.41, 5.74) is 5.63. The van der Waals surface area contributed by atoms with E-state index in [9.17, 15) is 4.39 Å². The molecule has 0 unspecified atom stereocenters. The van der Waals surface area contributed by atoms with Crippen LogP contribution >= 0.6 is 0 Å². The first-order chi connectivity index (χ1) is 8.48. The predicted molar refractivity (Wildman–Crippen MR) is 69.7 cm³/mol. The van der Waals surface area contributed by atoms with Crippen LogP contribution in [0.3, 0.4) is 0 Å². The van der Waals surface area contributed by atoms with E-state index in [0.29, 0.717) is 6.54 Å². The van der Waals surface area contributed by atoms with Crippen LogP contribution in [0.4, 0.5) is 16.2 Å². The molecule has 2 heterocycles. The van der Waals surface area contributed by atoms with Gasteiger partial charge in [0, 0.05) is 6.54 Å². The van der Waals surface area contributed by atoms with E-state index in [1.54, 1.807) is 0 Å². The summed E-state index contributed by atoms with van der Waals surface area (Å²) < 4.78 is 13.5. The Labute approximate surface area is 107 Å². The number of nitrogens with two attached hydrogens (primary N) is 1. The lowest BCUT2D eigenvalue weighted by Gasteiger charge is -2.38. The molecule has 100 valence electrons. The molecule has 0 aliphatic carbocycles. The third kappa shape index (κ3) is 3.07. The van der Waals surface area contributed by atoms with Gasteiger partial charge in [0.15, 0.2) is 11.6 Å². The van der Waals surface area contributed by atoms with E-state index in [1.807, 2.05) is 0 Å². The normalized spacial score (nSPS) is 19.7. The number of hydrogen-bond acceptors (Lipinski definition) is 5. The van der Waals surface area contributed by atoms with Crippen molar-refractivity contribution >= 4 is 11.8 Å². The first kappa shape index (κ1) is 13.0. The summed E-state index contributed by atoms with van der Waals surface area (Å²) in [7, 11) is 2.12. The number of nitrogens with zero attached hydrogens (tertiary/aromatic N) is 3. The lowest BCUT2D eigenvalue weighted by atomic mass is 9.80. The number of piperidine rings is 1.